The maximum absolute atomic E-state index is 5.69. The van der Waals surface area contributed by atoms with Crippen LogP contribution in [-0.2, 0) is 0 Å². The van der Waals surface area contributed by atoms with E-state index in [0.29, 0.717) is 11.6 Å². The lowest BCUT2D eigenvalue weighted by Crippen LogP contribution is -1.96. The van der Waals surface area contributed by atoms with Gasteiger partial charge in [-0.15, -0.1) is 0 Å². The zero-order valence-electron chi connectivity index (χ0n) is 9.27. The third kappa shape index (κ3) is 2.52. The van der Waals surface area contributed by atoms with E-state index in [1.54, 1.807) is 17.8 Å². The van der Waals surface area contributed by atoms with Crippen LogP contribution < -0.4 is 5.73 Å². The Hall–Kier alpha value is -1.55. The summed E-state index contributed by atoms with van der Waals surface area (Å²) in [5.41, 5.74) is 6.92. The zero-order chi connectivity index (χ0) is 11.5. The number of anilines is 1. The lowest BCUT2D eigenvalue weighted by Gasteiger charge is -2.05. The molecule has 16 heavy (non-hydrogen) atoms. The molecule has 3 nitrogen and oxygen atoms in total. The van der Waals surface area contributed by atoms with Crippen LogP contribution in [0.1, 0.15) is 11.4 Å². The summed E-state index contributed by atoms with van der Waals surface area (Å²) in [6.45, 7) is 3.93. The fourth-order valence-corrected chi connectivity index (χ4v) is 2.36. The molecule has 4 heteroatoms. The smallest absolute Gasteiger partial charge is 0.128 e. The van der Waals surface area contributed by atoms with Crippen molar-refractivity contribution in [2.75, 3.05) is 5.73 Å². The molecule has 0 saturated heterocycles. The lowest BCUT2D eigenvalue weighted by molar-refractivity contribution is 0.974. The molecule has 0 saturated carbocycles. The predicted octanol–water partition coefficient (Wildman–Crippen LogP) is 2.83. The molecule has 0 amide bonds. The van der Waals surface area contributed by atoms with Gasteiger partial charge in [0.05, 0.1) is 0 Å². The highest BCUT2D eigenvalue weighted by molar-refractivity contribution is 7.99. The van der Waals surface area contributed by atoms with Gasteiger partial charge >= 0.3 is 0 Å². The molecule has 2 rings (SSSR count). The Balaban J connectivity index is 2.30. The standard InChI is InChI=1S/C12H13N3S/c1-8-5-3-4-6-10(8)16-12-7-11(13)14-9(2)15-12/h3-7H,1-2H3,(H2,13,14,15). The molecule has 0 aliphatic heterocycles. The molecule has 0 aliphatic carbocycles. The molecule has 1 aromatic carbocycles. The number of hydrogen-bond acceptors (Lipinski definition) is 4. The van der Waals surface area contributed by atoms with E-state index >= 15 is 0 Å². The van der Waals surface area contributed by atoms with Crippen LogP contribution in [0.25, 0.3) is 0 Å². The van der Waals surface area contributed by atoms with Gasteiger partial charge in [0.1, 0.15) is 16.7 Å². The second-order valence-electron chi connectivity index (χ2n) is 3.55. The minimum atomic E-state index is 0.517. The van der Waals surface area contributed by atoms with Crippen LogP contribution in [0.4, 0.5) is 5.82 Å². The van der Waals surface area contributed by atoms with Crippen molar-refractivity contribution in [3.8, 4) is 0 Å². The normalized spacial score (nSPS) is 10.4. The van der Waals surface area contributed by atoms with Gasteiger partial charge in [-0.3, -0.25) is 0 Å². The van der Waals surface area contributed by atoms with Crippen molar-refractivity contribution in [3.05, 3.63) is 41.7 Å². The topological polar surface area (TPSA) is 51.8 Å². The quantitative estimate of drug-likeness (QED) is 0.807. The summed E-state index contributed by atoms with van der Waals surface area (Å²) in [5.74, 6) is 1.22. The van der Waals surface area contributed by atoms with Crippen LogP contribution in [-0.4, -0.2) is 9.97 Å². The fourth-order valence-electron chi connectivity index (χ4n) is 1.40. The van der Waals surface area contributed by atoms with Gasteiger partial charge in [-0.1, -0.05) is 30.0 Å². The van der Waals surface area contributed by atoms with Crippen LogP contribution in [0.3, 0.4) is 0 Å². The highest BCUT2D eigenvalue weighted by Gasteiger charge is 2.03. The van der Waals surface area contributed by atoms with Crippen LogP contribution in [0.5, 0.6) is 0 Å². The second kappa shape index (κ2) is 4.53. The van der Waals surface area contributed by atoms with Crippen molar-refractivity contribution >= 4 is 17.6 Å². The minimum Gasteiger partial charge on any atom is -0.384 e. The van der Waals surface area contributed by atoms with E-state index in [4.69, 9.17) is 5.73 Å². The van der Waals surface area contributed by atoms with Gasteiger partial charge in [-0.2, -0.15) is 0 Å². The number of aryl methyl sites for hydroxylation is 2. The summed E-state index contributed by atoms with van der Waals surface area (Å²) >= 11 is 1.61. The average molecular weight is 231 g/mol. The van der Waals surface area contributed by atoms with Crippen LogP contribution in [0.2, 0.25) is 0 Å². The molecule has 2 N–H and O–H groups in total. The molecule has 1 aromatic heterocycles. The summed E-state index contributed by atoms with van der Waals surface area (Å²) in [5, 5.41) is 0.888. The van der Waals surface area contributed by atoms with Crippen molar-refractivity contribution in [1.29, 1.82) is 0 Å². The molecule has 0 bridgehead atoms. The van der Waals surface area contributed by atoms with Crippen molar-refractivity contribution in [2.45, 2.75) is 23.8 Å². The third-order valence-corrected chi connectivity index (χ3v) is 3.24. The lowest BCUT2D eigenvalue weighted by atomic mass is 10.2. The summed E-state index contributed by atoms with van der Waals surface area (Å²) in [4.78, 5) is 9.59. The van der Waals surface area contributed by atoms with Gasteiger partial charge in [0.25, 0.3) is 0 Å². The largest absolute Gasteiger partial charge is 0.384 e. The molecular formula is C12H13N3S. The molecule has 0 unspecified atom stereocenters. The Morgan fingerprint density at radius 3 is 2.56 bits per heavy atom. The van der Waals surface area contributed by atoms with Crippen molar-refractivity contribution in [1.82, 2.24) is 9.97 Å². The molecule has 1 heterocycles. The van der Waals surface area contributed by atoms with Gasteiger partial charge in [-0.25, -0.2) is 9.97 Å². The fraction of sp³-hybridized carbons (Fsp3) is 0.167. The van der Waals surface area contributed by atoms with E-state index < -0.39 is 0 Å². The first-order chi connectivity index (χ1) is 7.65. The summed E-state index contributed by atoms with van der Waals surface area (Å²) in [6, 6.07) is 10.0. The first-order valence-corrected chi connectivity index (χ1v) is 5.81. The Labute approximate surface area is 99.1 Å². The number of hydrogen-bond donors (Lipinski definition) is 1. The van der Waals surface area contributed by atoms with Gasteiger partial charge < -0.3 is 5.73 Å². The Morgan fingerprint density at radius 2 is 1.88 bits per heavy atom. The first-order valence-electron chi connectivity index (χ1n) is 5.00. The molecule has 0 fully saturated rings. The number of nitrogens with two attached hydrogens (primary N) is 1. The SMILES string of the molecule is Cc1nc(N)cc(Sc2ccccc2C)n1. The first kappa shape index (κ1) is 11.0. The van der Waals surface area contributed by atoms with Crippen molar-refractivity contribution < 1.29 is 0 Å². The monoisotopic (exact) mass is 231 g/mol. The molecule has 82 valence electrons. The Morgan fingerprint density at radius 1 is 1.12 bits per heavy atom. The van der Waals surface area contributed by atoms with E-state index in [0.717, 1.165) is 5.03 Å². The highest BCUT2D eigenvalue weighted by Crippen LogP contribution is 2.29. The number of aromatic nitrogens is 2. The molecule has 2 aromatic rings. The predicted molar refractivity (Wildman–Crippen MR) is 66.5 cm³/mol. The van der Waals surface area contributed by atoms with Crippen LogP contribution in [0, 0.1) is 13.8 Å². The van der Waals surface area contributed by atoms with Gasteiger partial charge in [-0.05, 0) is 25.5 Å². The van der Waals surface area contributed by atoms with E-state index in [9.17, 15) is 0 Å². The van der Waals surface area contributed by atoms with Gasteiger partial charge in [0, 0.05) is 11.0 Å². The van der Waals surface area contributed by atoms with Crippen LogP contribution in [0.15, 0.2) is 40.3 Å². The van der Waals surface area contributed by atoms with Gasteiger partial charge in [0.15, 0.2) is 0 Å². The zero-order valence-corrected chi connectivity index (χ0v) is 10.1. The van der Waals surface area contributed by atoms with Gasteiger partial charge in [0.2, 0.25) is 0 Å². The second-order valence-corrected chi connectivity index (χ2v) is 4.61. The van der Waals surface area contributed by atoms with E-state index in [-0.39, 0.29) is 0 Å². The average Bonchev–Trinajstić information content (AvgIpc) is 2.20. The summed E-state index contributed by atoms with van der Waals surface area (Å²) in [7, 11) is 0. The Kier molecular flexibility index (Phi) is 3.10. The number of rotatable bonds is 2. The molecular weight excluding hydrogens is 218 g/mol. The highest BCUT2D eigenvalue weighted by atomic mass is 32.2. The maximum Gasteiger partial charge on any atom is 0.128 e. The number of benzene rings is 1. The number of nitrogens with zero attached hydrogens (tertiary/aromatic N) is 2. The van der Waals surface area contributed by atoms with Crippen molar-refractivity contribution in [3.63, 3.8) is 0 Å². The molecule has 0 radical (unpaired) electrons. The minimum absolute atomic E-state index is 0.517. The maximum atomic E-state index is 5.69. The summed E-state index contributed by atoms with van der Waals surface area (Å²) in [6.07, 6.45) is 0. The van der Waals surface area contributed by atoms with E-state index in [1.165, 1.54) is 10.5 Å². The van der Waals surface area contributed by atoms with Crippen LogP contribution >= 0.6 is 11.8 Å². The van der Waals surface area contributed by atoms with E-state index in [2.05, 4.69) is 29.0 Å². The molecule has 0 spiro atoms. The summed E-state index contributed by atoms with van der Waals surface area (Å²) < 4.78 is 0. The van der Waals surface area contributed by atoms with E-state index in [1.807, 2.05) is 19.1 Å². The molecule has 0 aliphatic rings. The molecule has 0 atom stereocenters. The number of nitrogen functional groups attached to an aromatic ring is 1. The van der Waals surface area contributed by atoms with Crippen molar-refractivity contribution in [2.24, 2.45) is 0 Å². The third-order valence-electron chi connectivity index (χ3n) is 2.14. The Bertz CT molecular complexity index is 491.